The summed E-state index contributed by atoms with van der Waals surface area (Å²) in [7, 11) is 2.97. The van der Waals surface area contributed by atoms with Crippen molar-refractivity contribution in [1.29, 1.82) is 0 Å². The summed E-state index contributed by atoms with van der Waals surface area (Å²) in [6.45, 7) is 6.00. The van der Waals surface area contributed by atoms with Crippen molar-refractivity contribution >= 4 is 23.3 Å². The summed E-state index contributed by atoms with van der Waals surface area (Å²) in [4.78, 5) is 11.6. The monoisotopic (exact) mass is 285 g/mol. The Bertz CT molecular complexity index is 472. The van der Waals surface area contributed by atoms with Gasteiger partial charge >= 0.3 is 5.97 Å². The molecule has 0 spiro atoms. The Balaban J connectivity index is 2.89. The summed E-state index contributed by atoms with van der Waals surface area (Å²) in [5.74, 6) is 0.390. The lowest BCUT2D eigenvalue weighted by atomic mass is 9.93. The number of carbonyl (C=O) groups excluding carboxylic acids is 1. The van der Waals surface area contributed by atoms with Gasteiger partial charge in [0.1, 0.15) is 5.75 Å². The molecule has 0 aliphatic rings. The average Bonchev–Trinajstić information content (AvgIpc) is 2.38. The van der Waals surface area contributed by atoms with E-state index in [1.54, 1.807) is 13.2 Å². The minimum absolute atomic E-state index is 0.260. The maximum absolute atomic E-state index is 11.6. The van der Waals surface area contributed by atoms with Crippen LogP contribution in [0, 0.1) is 12.3 Å². The Kier molecular flexibility index (Phi) is 5.06. The van der Waals surface area contributed by atoms with Crippen LogP contribution in [0.5, 0.6) is 5.75 Å². The Morgan fingerprint density at radius 2 is 2.00 bits per heavy atom. The Morgan fingerprint density at radius 3 is 2.53 bits per heavy atom. The van der Waals surface area contributed by atoms with Crippen LogP contribution in [0.4, 0.5) is 5.69 Å². The molecule has 0 saturated carbocycles. The van der Waals surface area contributed by atoms with Crippen LogP contribution in [0.15, 0.2) is 12.1 Å². The molecule has 0 aliphatic heterocycles. The van der Waals surface area contributed by atoms with Crippen LogP contribution >= 0.6 is 11.6 Å². The summed E-state index contributed by atoms with van der Waals surface area (Å²) in [5.41, 5.74) is 1.13. The molecule has 106 valence electrons. The maximum Gasteiger partial charge on any atom is 0.313 e. The number of carbonyl (C=O) groups is 1. The zero-order chi connectivity index (χ0) is 14.6. The molecule has 0 saturated heterocycles. The SMILES string of the molecule is COC(=O)C(C)(C)CNc1cc(C)c(Cl)cc1OC. The molecular formula is C14H20ClNO3. The van der Waals surface area contributed by atoms with Gasteiger partial charge in [-0.15, -0.1) is 0 Å². The molecule has 0 amide bonds. The van der Waals surface area contributed by atoms with Crippen LogP contribution in [0.25, 0.3) is 0 Å². The van der Waals surface area contributed by atoms with Gasteiger partial charge in [-0.2, -0.15) is 0 Å². The van der Waals surface area contributed by atoms with Crippen LogP contribution in [0.2, 0.25) is 5.02 Å². The molecule has 0 bridgehead atoms. The normalized spacial score (nSPS) is 11.1. The van der Waals surface area contributed by atoms with Gasteiger partial charge in [0.25, 0.3) is 0 Å². The van der Waals surface area contributed by atoms with Gasteiger partial charge in [0.2, 0.25) is 0 Å². The topological polar surface area (TPSA) is 47.6 Å². The Labute approximate surface area is 119 Å². The number of halogens is 1. The van der Waals surface area contributed by atoms with E-state index in [-0.39, 0.29) is 5.97 Å². The van der Waals surface area contributed by atoms with Crippen molar-refractivity contribution in [3.63, 3.8) is 0 Å². The molecule has 0 radical (unpaired) electrons. The number of nitrogens with one attached hydrogen (secondary N) is 1. The van der Waals surface area contributed by atoms with Crippen LogP contribution in [-0.4, -0.2) is 26.7 Å². The predicted molar refractivity (Wildman–Crippen MR) is 77.0 cm³/mol. The minimum Gasteiger partial charge on any atom is -0.495 e. The highest BCUT2D eigenvalue weighted by molar-refractivity contribution is 6.31. The summed E-state index contributed by atoms with van der Waals surface area (Å²) < 4.78 is 10.0. The summed E-state index contributed by atoms with van der Waals surface area (Å²) in [6, 6.07) is 3.65. The number of anilines is 1. The largest absolute Gasteiger partial charge is 0.495 e. The maximum atomic E-state index is 11.6. The first-order valence-corrected chi connectivity index (χ1v) is 6.36. The van der Waals surface area contributed by atoms with Crippen molar-refractivity contribution in [3.05, 3.63) is 22.7 Å². The summed E-state index contributed by atoms with van der Waals surface area (Å²) in [5, 5.41) is 3.85. The van der Waals surface area contributed by atoms with E-state index in [0.717, 1.165) is 11.3 Å². The molecule has 0 aliphatic carbocycles. The number of ether oxygens (including phenoxy) is 2. The second-order valence-corrected chi connectivity index (χ2v) is 5.44. The quantitative estimate of drug-likeness (QED) is 0.844. The third-order valence-corrected chi connectivity index (χ3v) is 3.35. The highest BCUT2D eigenvalue weighted by Gasteiger charge is 2.28. The second-order valence-electron chi connectivity index (χ2n) is 5.03. The van der Waals surface area contributed by atoms with E-state index in [2.05, 4.69) is 5.32 Å². The van der Waals surface area contributed by atoms with Gasteiger partial charge in [0, 0.05) is 17.6 Å². The van der Waals surface area contributed by atoms with Gasteiger partial charge in [-0.3, -0.25) is 4.79 Å². The van der Waals surface area contributed by atoms with E-state index in [1.807, 2.05) is 26.8 Å². The predicted octanol–water partition coefficient (Wildman–Crippen LogP) is 3.27. The highest BCUT2D eigenvalue weighted by atomic mass is 35.5. The smallest absolute Gasteiger partial charge is 0.313 e. The number of benzene rings is 1. The molecule has 0 aromatic heterocycles. The molecule has 19 heavy (non-hydrogen) atoms. The first-order valence-electron chi connectivity index (χ1n) is 5.98. The summed E-state index contributed by atoms with van der Waals surface area (Å²) in [6.07, 6.45) is 0. The van der Waals surface area contributed by atoms with Gasteiger partial charge in [-0.05, 0) is 32.4 Å². The zero-order valence-corrected chi connectivity index (χ0v) is 12.7. The van der Waals surface area contributed by atoms with Crippen molar-refractivity contribution in [3.8, 4) is 5.75 Å². The molecule has 5 heteroatoms. The van der Waals surface area contributed by atoms with Gasteiger partial charge in [-0.25, -0.2) is 0 Å². The number of esters is 1. The average molecular weight is 286 g/mol. The fourth-order valence-electron chi connectivity index (χ4n) is 1.63. The number of hydrogen-bond donors (Lipinski definition) is 1. The van der Waals surface area contributed by atoms with Crippen molar-refractivity contribution in [2.75, 3.05) is 26.1 Å². The first-order chi connectivity index (χ1) is 8.81. The van der Waals surface area contributed by atoms with Gasteiger partial charge in [0.15, 0.2) is 0 Å². The molecule has 0 unspecified atom stereocenters. The van der Waals surface area contributed by atoms with E-state index < -0.39 is 5.41 Å². The third-order valence-electron chi connectivity index (χ3n) is 2.94. The number of aryl methyl sites for hydroxylation is 1. The van der Waals surface area contributed by atoms with Crippen LogP contribution < -0.4 is 10.1 Å². The van der Waals surface area contributed by atoms with Crippen molar-refractivity contribution in [1.82, 2.24) is 0 Å². The second kappa shape index (κ2) is 6.15. The lowest BCUT2D eigenvalue weighted by molar-refractivity contribution is -0.149. The van der Waals surface area contributed by atoms with Crippen LogP contribution in [-0.2, 0) is 9.53 Å². The standard InChI is InChI=1S/C14H20ClNO3/c1-9-6-11(12(18-4)7-10(9)15)16-8-14(2,3)13(17)19-5/h6-7,16H,8H2,1-5H3. The van der Waals surface area contributed by atoms with E-state index in [9.17, 15) is 4.79 Å². The highest BCUT2D eigenvalue weighted by Crippen LogP contribution is 2.31. The van der Waals surface area contributed by atoms with Crippen molar-refractivity contribution < 1.29 is 14.3 Å². The van der Waals surface area contributed by atoms with E-state index >= 15 is 0 Å². The van der Waals surface area contributed by atoms with Gasteiger partial charge in [-0.1, -0.05) is 11.6 Å². The first kappa shape index (κ1) is 15.6. The van der Waals surface area contributed by atoms with E-state index in [4.69, 9.17) is 21.1 Å². The molecule has 1 rings (SSSR count). The minimum atomic E-state index is -0.618. The van der Waals surface area contributed by atoms with Crippen LogP contribution in [0.3, 0.4) is 0 Å². The van der Waals surface area contributed by atoms with Gasteiger partial charge < -0.3 is 14.8 Å². The van der Waals surface area contributed by atoms with E-state index in [0.29, 0.717) is 17.3 Å². The number of hydrogen-bond acceptors (Lipinski definition) is 4. The van der Waals surface area contributed by atoms with Crippen LogP contribution in [0.1, 0.15) is 19.4 Å². The molecule has 0 heterocycles. The molecule has 4 nitrogen and oxygen atoms in total. The zero-order valence-electron chi connectivity index (χ0n) is 12.0. The third kappa shape index (κ3) is 3.77. The molecule has 0 fully saturated rings. The molecule has 1 aromatic rings. The Hall–Kier alpha value is -1.42. The lowest BCUT2D eigenvalue weighted by Crippen LogP contribution is -2.33. The lowest BCUT2D eigenvalue weighted by Gasteiger charge is -2.23. The molecule has 1 aromatic carbocycles. The van der Waals surface area contributed by atoms with Crippen molar-refractivity contribution in [2.45, 2.75) is 20.8 Å². The molecule has 0 atom stereocenters. The fraction of sp³-hybridized carbons (Fsp3) is 0.500. The summed E-state index contributed by atoms with van der Waals surface area (Å²) >= 11 is 6.05. The molecular weight excluding hydrogens is 266 g/mol. The number of methoxy groups -OCH3 is 2. The van der Waals surface area contributed by atoms with Gasteiger partial charge in [0.05, 0.1) is 25.3 Å². The van der Waals surface area contributed by atoms with E-state index in [1.165, 1.54) is 7.11 Å². The fourth-order valence-corrected chi connectivity index (χ4v) is 1.79. The molecule has 1 N–H and O–H groups in total. The Morgan fingerprint density at radius 1 is 1.37 bits per heavy atom. The number of rotatable bonds is 5. The van der Waals surface area contributed by atoms with Crippen molar-refractivity contribution in [2.24, 2.45) is 5.41 Å².